The van der Waals surface area contributed by atoms with Gasteiger partial charge in [0.05, 0.1) is 11.6 Å². The number of nitriles is 1. The number of rotatable bonds is 4. The highest BCUT2D eigenvalue weighted by Gasteiger charge is 1.99. The van der Waals surface area contributed by atoms with Crippen LogP contribution in [0.2, 0.25) is 0 Å². The number of hydrogen-bond donors (Lipinski definition) is 1. The maximum Gasteiger partial charge on any atom is 0.127 e. The zero-order valence-corrected chi connectivity index (χ0v) is 9.60. The molecule has 0 fully saturated rings. The van der Waals surface area contributed by atoms with Gasteiger partial charge in [0, 0.05) is 35.0 Å². The predicted molar refractivity (Wildman–Crippen MR) is 61.1 cm³/mol. The number of aryl methyl sites for hydroxylation is 1. The molecule has 15 heavy (non-hydrogen) atoms. The fraction of sp³-hybridized carbons (Fsp3) is 0.400. The van der Waals surface area contributed by atoms with Crippen LogP contribution < -0.4 is 5.32 Å². The zero-order chi connectivity index (χ0) is 11.3. The number of nitrogens with zero attached hydrogens (tertiary/aromatic N) is 2. The predicted octanol–water partition coefficient (Wildman–Crippen LogP) is 1.05. The number of hydrogen-bond acceptors (Lipinski definition) is 4. The SMILES string of the molecule is Cc1cc(C#N)cc(NCCS(C)=O)n1. The Bertz CT molecular complexity index is 412. The molecule has 80 valence electrons. The molecule has 0 saturated carbocycles. The topological polar surface area (TPSA) is 65.8 Å². The van der Waals surface area contributed by atoms with E-state index in [9.17, 15) is 4.21 Å². The second-order valence-electron chi connectivity index (χ2n) is 3.20. The van der Waals surface area contributed by atoms with Gasteiger partial charge in [-0.1, -0.05) is 0 Å². The van der Waals surface area contributed by atoms with Crippen LogP contribution in [-0.4, -0.2) is 27.7 Å². The van der Waals surface area contributed by atoms with Crippen molar-refractivity contribution in [2.24, 2.45) is 0 Å². The summed E-state index contributed by atoms with van der Waals surface area (Å²) in [5.41, 5.74) is 1.39. The highest BCUT2D eigenvalue weighted by Crippen LogP contribution is 2.08. The molecule has 1 atom stereocenters. The number of aromatic nitrogens is 1. The molecule has 1 aromatic heterocycles. The summed E-state index contributed by atoms with van der Waals surface area (Å²) in [6.45, 7) is 2.44. The molecule has 0 aromatic carbocycles. The quantitative estimate of drug-likeness (QED) is 0.828. The van der Waals surface area contributed by atoms with Crippen LogP contribution in [0.1, 0.15) is 11.3 Å². The minimum absolute atomic E-state index is 0.581. The van der Waals surface area contributed by atoms with Crippen LogP contribution in [0.4, 0.5) is 5.82 Å². The molecule has 1 aromatic rings. The molecule has 1 rings (SSSR count). The van der Waals surface area contributed by atoms with Crippen LogP contribution in [0, 0.1) is 18.3 Å². The second-order valence-corrected chi connectivity index (χ2v) is 4.75. The van der Waals surface area contributed by atoms with Crippen LogP contribution >= 0.6 is 0 Å². The van der Waals surface area contributed by atoms with E-state index in [1.54, 1.807) is 18.4 Å². The molecular weight excluding hydrogens is 210 g/mol. The maximum atomic E-state index is 10.8. The van der Waals surface area contributed by atoms with Gasteiger partial charge >= 0.3 is 0 Å². The van der Waals surface area contributed by atoms with Gasteiger partial charge in [0.25, 0.3) is 0 Å². The minimum atomic E-state index is -0.807. The van der Waals surface area contributed by atoms with Gasteiger partial charge in [0.2, 0.25) is 0 Å². The average Bonchev–Trinajstić information content (AvgIpc) is 2.16. The second kappa shape index (κ2) is 5.47. The van der Waals surface area contributed by atoms with Crippen molar-refractivity contribution in [2.45, 2.75) is 6.92 Å². The van der Waals surface area contributed by atoms with Crippen molar-refractivity contribution in [3.8, 4) is 6.07 Å². The van der Waals surface area contributed by atoms with Crippen molar-refractivity contribution in [3.05, 3.63) is 23.4 Å². The molecule has 0 bridgehead atoms. The van der Waals surface area contributed by atoms with Gasteiger partial charge in [-0.25, -0.2) is 4.98 Å². The first kappa shape index (κ1) is 11.7. The highest BCUT2D eigenvalue weighted by atomic mass is 32.2. The van der Waals surface area contributed by atoms with E-state index in [4.69, 9.17) is 5.26 Å². The lowest BCUT2D eigenvalue weighted by Crippen LogP contribution is -2.11. The fourth-order valence-corrected chi connectivity index (χ4v) is 1.54. The van der Waals surface area contributed by atoms with Crippen LogP contribution in [-0.2, 0) is 10.8 Å². The summed E-state index contributed by atoms with van der Waals surface area (Å²) in [7, 11) is -0.807. The van der Waals surface area contributed by atoms with Crippen molar-refractivity contribution in [1.29, 1.82) is 5.26 Å². The van der Waals surface area contributed by atoms with Gasteiger partial charge in [-0.3, -0.25) is 4.21 Å². The molecule has 0 aliphatic rings. The summed E-state index contributed by atoms with van der Waals surface area (Å²) in [6, 6.07) is 5.48. The van der Waals surface area contributed by atoms with Crippen molar-refractivity contribution in [1.82, 2.24) is 4.98 Å². The van der Waals surface area contributed by atoms with Gasteiger partial charge < -0.3 is 5.32 Å². The summed E-state index contributed by atoms with van der Waals surface area (Å²) >= 11 is 0. The molecule has 4 nitrogen and oxygen atoms in total. The molecule has 0 amide bonds. The van der Waals surface area contributed by atoms with Gasteiger partial charge in [0.1, 0.15) is 5.82 Å². The molecule has 5 heteroatoms. The third-order valence-electron chi connectivity index (χ3n) is 1.78. The number of nitrogens with one attached hydrogen (secondary N) is 1. The monoisotopic (exact) mass is 223 g/mol. The van der Waals surface area contributed by atoms with E-state index in [1.807, 2.05) is 6.92 Å². The first-order valence-electron chi connectivity index (χ1n) is 4.54. The molecule has 0 aliphatic heterocycles. The Balaban J connectivity index is 2.65. The van der Waals surface area contributed by atoms with Gasteiger partial charge in [-0.2, -0.15) is 5.26 Å². The number of anilines is 1. The van der Waals surface area contributed by atoms with E-state index in [0.29, 0.717) is 23.7 Å². The first-order chi connectivity index (χ1) is 7.11. The molecule has 1 N–H and O–H groups in total. The lowest BCUT2D eigenvalue weighted by Gasteiger charge is -2.05. The van der Waals surface area contributed by atoms with E-state index >= 15 is 0 Å². The molecule has 1 unspecified atom stereocenters. The lowest BCUT2D eigenvalue weighted by atomic mass is 10.2. The lowest BCUT2D eigenvalue weighted by molar-refractivity contribution is 0.687. The van der Waals surface area contributed by atoms with E-state index in [2.05, 4.69) is 16.4 Å². The number of pyridine rings is 1. The highest BCUT2D eigenvalue weighted by molar-refractivity contribution is 7.84. The van der Waals surface area contributed by atoms with Crippen LogP contribution in [0.15, 0.2) is 12.1 Å². The summed E-state index contributed by atoms with van der Waals surface area (Å²) in [5, 5.41) is 11.8. The molecule has 1 heterocycles. The zero-order valence-electron chi connectivity index (χ0n) is 8.78. The first-order valence-corrected chi connectivity index (χ1v) is 6.27. The maximum absolute atomic E-state index is 10.8. The summed E-state index contributed by atoms with van der Waals surface area (Å²) in [4.78, 5) is 4.22. The van der Waals surface area contributed by atoms with Crippen molar-refractivity contribution in [2.75, 3.05) is 23.9 Å². The molecule has 0 radical (unpaired) electrons. The van der Waals surface area contributed by atoms with Crippen LogP contribution in [0.3, 0.4) is 0 Å². The van der Waals surface area contributed by atoms with Crippen LogP contribution in [0.25, 0.3) is 0 Å². The summed E-state index contributed by atoms with van der Waals surface area (Å²) in [6.07, 6.45) is 1.66. The molecule has 0 saturated heterocycles. The Morgan fingerprint density at radius 2 is 2.33 bits per heavy atom. The smallest absolute Gasteiger partial charge is 0.127 e. The van der Waals surface area contributed by atoms with Crippen molar-refractivity contribution < 1.29 is 4.21 Å². The standard InChI is InChI=1S/C10H13N3OS/c1-8-5-9(7-11)6-10(13-8)12-3-4-15(2)14/h5-6H,3-4H2,1-2H3,(H,12,13). The normalized spacial score (nSPS) is 11.8. The molecule has 0 aliphatic carbocycles. The Kier molecular flexibility index (Phi) is 4.25. The van der Waals surface area contributed by atoms with Crippen molar-refractivity contribution >= 4 is 16.6 Å². The minimum Gasteiger partial charge on any atom is -0.369 e. The van der Waals surface area contributed by atoms with E-state index < -0.39 is 10.8 Å². The van der Waals surface area contributed by atoms with Gasteiger partial charge in [-0.15, -0.1) is 0 Å². The van der Waals surface area contributed by atoms with E-state index in [0.717, 1.165) is 5.69 Å². The Hall–Kier alpha value is -1.41. The van der Waals surface area contributed by atoms with E-state index in [-0.39, 0.29) is 0 Å². The third kappa shape index (κ3) is 4.09. The van der Waals surface area contributed by atoms with Crippen LogP contribution in [0.5, 0.6) is 0 Å². The largest absolute Gasteiger partial charge is 0.369 e. The summed E-state index contributed by atoms with van der Waals surface area (Å²) in [5.74, 6) is 1.24. The average molecular weight is 223 g/mol. The fourth-order valence-electron chi connectivity index (χ4n) is 1.15. The third-order valence-corrected chi connectivity index (χ3v) is 2.56. The Morgan fingerprint density at radius 1 is 1.60 bits per heavy atom. The van der Waals surface area contributed by atoms with Crippen molar-refractivity contribution in [3.63, 3.8) is 0 Å². The van der Waals surface area contributed by atoms with Gasteiger partial charge in [-0.05, 0) is 19.1 Å². The molecule has 0 spiro atoms. The van der Waals surface area contributed by atoms with E-state index in [1.165, 1.54) is 0 Å². The van der Waals surface area contributed by atoms with Gasteiger partial charge in [0.15, 0.2) is 0 Å². The Morgan fingerprint density at radius 3 is 2.93 bits per heavy atom. The molecular formula is C10H13N3OS. The Labute approximate surface area is 91.8 Å². The summed E-state index contributed by atoms with van der Waals surface area (Å²) < 4.78 is 10.8.